The summed E-state index contributed by atoms with van der Waals surface area (Å²) in [5.41, 5.74) is 0.525. The maximum atomic E-state index is 13.3. The average Bonchev–Trinajstić information content (AvgIpc) is 3.08. The van der Waals surface area contributed by atoms with E-state index < -0.39 is 15.3 Å². The van der Waals surface area contributed by atoms with Gasteiger partial charge in [-0.15, -0.1) is 0 Å². The Morgan fingerprint density at radius 1 is 0.886 bits per heavy atom. The van der Waals surface area contributed by atoms with Gasteiger partial charge in [-0.3, -0.25) is 19.4 Å². The van der Waals surface area contributed by atoms with E-state index in [2.05, 4.69) is 17.0 Å². The molecule has 35 heavy (non-hydrogen) atoms. The number of amides is 2. The molecule has 3 aromatic carbocycles. The number of carbonyl (C=O) groups excluding carboxylic acids is 2. The van der Waals surface area contributed by atoms with E-state index in [9.17, 15) is 18.0 Å². The summed E-state index contributed by atoms with van der Waals surface area (Å²) in [4.78, 5) is 29.7. The number of hydrogen-bond donors (Lipinski definition) is 0. The number of piperidine rings is 1. The van der Waals surface area contributed by atoms with Gasteiger partial charge in [-0.1, -0.05) is 54.1 Å². The molecule has 2 saturated heterocycles. The lowest BCUT2D eigenvalue weighted by molar-refractivity contribution is -0.142. The van der Waals surface area contributed by atoms with Crippen molar-refractivity contribution in [1.82, 2.24) is 9.80 Å². The molecule has 2 amide bonds. The zero-order valence-corrected chi connectivity index (χ0v) is 20.9. The van der Waals surface area contributed by atoms with Crippen LogP contribution in [0.5, 0.6) is 0 Å². The number of nitrogens with zero attached hydrogens (tertiary/aromatic N) is 2. The molecule has 0 saturated carbocycles. The Kier molecular flexibility index (Phi) is 6.42. The number of benzene rings is 3. The van der Waals surface area contributed by atoms with Gasteiger partial charge in [0.15, 0.2) is 9.84 Å². The minimum atomic E-state index is -3.67. The van der Waals surface area contributed by atoms with Crippen molar-refractivity contribution >= 4 is 44.0 Å². The van der Waals surface area contributed by atoms with Gasteiger partial charge < -0.3 is 0 Å². The third kappa shape index (κ3) is 4.85. The average molecular weight is 511 g/mol. The van der Waals surface area contributed by atoms with Crippen LogP contribution < -0.4 is 0 Å². The highest BCUT2D eigenvalue weighted by molar-refractivity contribution is 7.91. The summed E-state index contributed by atoms with van der Waals surface area (Å²) in [6.07, 6.45) is 1.39. The molecule has 2 aliphatic rings. The monoisotopic (exact) mass is 510 g/mol. The molecule has 3 aromatic rings. The fourth-order valence-electron chi connectivity index (χ4n) is 5.18. The third-order valence-electron chi connectivity index (χ3n) is 7.27. The predicted octanol–water partition coefficient (Wildman–Crippen LogP) is 4.31. The van der Waals surface area contributed by atoms with Gasteiger partial charge in [-0.05, 0) is 66.5 Å². The SMILES string of the molecule is O=C1CC2(CCN(Cc3ccccc3)CC2)C(=O)N1CCS(=O)(=O)c1ccc2cc(Cl)ccc2c1. The van der Waals surface area contributed by atoms with Crippen molar-refractivity contribution in [3.63, 3.8) is 0 Å². The van der Waals surface area contributed by atoms with Crippen molar-refractivity contribution in [1.29, 1.82) is 0 Å². The second-order valence-corrected chi connectivity index (χ2v) is 12.1. The maximum Gasteiger partial charge on any atom is 0.236 e. The second-order valence-electron chi connectivity index (χ2n) is 9.54. The molecule has 0 bridgehead atoms. The Morgan fingerprint density at radius 2 is 1.57 bits per heavy atom. The Bertz CT molecular complexity index is 1380. The van der Waals surface area contributed by atoms with Gasteiger partial charge in [0.05, 0.1) is 16.1 Å². The third-order valence-corrected chi connectivity index (χ3v) is 9.20. The fourth-order valence-corrected chi connectivity index (χ4v) is 6.60. The van der Waals surface area contributed by atoms with Crippen LogP contribution >= 0.6 is 11.6 Å². The van der Waals surface area contributed by atoms with Crippen molar-refractivity contribution in [2.24, 2.45) is 5.41 Å². The largest absolute Gasteiger partial charge is 0.299 e. The number of halogens is 1. The van der Waals surface area contributed by atoms with Crippen LogP contribution in [0, 0.1) is 5.41 Å². The normalized spacial score (nSPS) is 18.6. The van der Waals surface area contributed by atoms with Crippen LogP contribution in [0.1, 0.15) is 24.8 Å². The molecule has 5 rings (SSSR count). The molecule has 0 aliphatic carbocycles. The number of sulfone groups is 1. The van der Waals surface area contributed by atoms with Crippen LogP contribution in [-0.2, 0) is 26.0 Å². The molecular weight excluding hydrogens is 484 g/mol. The first kappa shape index (κ1) is 24.0. The first-order valence-electron chi connectivity index (χ1n) is 11.8. The van der Waals surface area contributed by atoms with Crippen molar-refractivity contribution in [2.45, 2.75) is 30.7 Å². The fraction of sp³-hybridized carbons (Fsp3) is 0.333. The molecule has 0 unspecified atom stereocenters. The van der Waals surface area contributed by atoms with E-state index in [0.29, 0.717) is 17.9 Å². The topological polar surface area (TPSA) is 74.8 Å². The lowest BCUT2D eigenvalue weighted by atomic mass is 9.77. The maximum absolute atomic E-state index is 13.3. The molecule has 0 aromatic heterocycles. The van der Waals surface area contributed by atoms with Crippen LogP contribution in [0.4, 0.5) is 0 Å². The van der Waals surface area contributed by atoms with Crippen LogP contribution in [0.25, 0.3) is 10.8 Å². The quantitative estimate of drug-likeness (QED) is 0.462. The number of likely N-dealkylation sites (tertiary alicyclic amines) is 2. The molecule has 2 aliphatic heterocycles. The Hall–Kier alpha value is -2.74. The molecule has 0 atom stereocenters. The molecule has 8 heteroatoms. The van der Waals surface area contributed by atoms with E-state index in [1.165, 1.54) is 10.5 Å². The van der Waals surface area contributed by atoms with E-state index in [1.807, 2.05) is 18.2 Å². The Labute approximate surface area is 210 Å². The van der Waals surface area contributed by atoms with E-state index >= 15 is 0 Å². The van der Waals surface area contributed by atoms with Gasteiger partial charge in [0, 0.05) is 24.5 Å². The summed E-state index contributed by atoms with van der Waals surface area (Å²) < 4.78 is 26.0. The van der Waals surface area contributed by atoms with Gasteiger partial charge in [0.2, 0.25) is 11.8 Å². The number of carbonyl (C=O) groups is 2. The molecule has 1 spiro atoms. The zero-order chi connectivity index (χ0) is 24.6. The summed E-state index contributed by atoms with van der Waals surface area (Å²) in [6, 6.07) is 20.3. The minimum Gasteiger partial charge on any atom is -0.299 e. The van der Waals surface area contributed by atoms with E-state index in [1.54, 1.807) is 36.4 Å². The number of fused-ring (bicyclic) bond motifs is 1. The van der Waals surface area contributed by atoms with Crippen LogP contribution in [0.2, 0.25) is 5.02 Å². The van der Waals surface area contributed by atoms with Gasteiger partial charge in [-0.25, -0.2) is 8.42 Å². The minimum absolute atomic E-state index is 0.117. The zero-order valence-electron chi connectivity index (χ0n) is 19.3. The molecule has 0 radical (unpaired) electrons. The van der Waals surface area contributed by atoms with Crippen LogP contribution in [-0.4, -0.2) is 55.4 Å². The van der Waals surface area contributed by atoms with Gasteiger partial charge >= 0.3 is 0 Å². The first-order chi connectivity index (χ1) is 16.8. The summed E-state index contributed by atoms with van der Waals surface area (Å²) in [6.45, 7) is 2.18. The molecule has 2 fully saturated rings. The Balaban J connectivity index is 1.23. The highest BCUT2D eigenvalue weighted by atomic mass is 35.5. The summed E-state index contributed by atoms with van der Waals surface area (Å²) in [7, 11) is -3.67. The smallest absolute Gasteiger partial charge is 0.236 e. The molecule has 6 nitrogen and oxygen atoms in total. The van der Waals surface area contributed by atoms with E-state index in [0.717, 1.165) is 30.4 Å². The highest BCUT2D eigenvalue weighted by Gasteiger charge is 2.52. The van der Waals surface area contributed by atoms with Crippen molar-refractivity contribution in [3.05, 3.63) is 77.3 Å². The van der Waals surface area contributed by atoms with Crippen molar-refractivity contribution in [2.75, 3.05) is 25.4 Å². The molecule has 2 heterocycles. The number of imide groups is 1. The van der Waals surface area contributed by atoms with Crippen LogP contribution in [0.15, 0.2) is 71.6 Å². The van der Waals surface area contributed by atoms with Gasteiger partial charge in [0.25, 0.3) is 0 Å². The first-order valence-corrected chi connectivity index (χ1v) is 13.8. The van der Waals surface area contributed by atoms with Crippen molar-refractivity contribution in [3.8, 4) is 0 Å². The van der Waals surface area contributed by atoms with Gasteiger partial charge in [0.1, 0.15) is 0 Å². The standard InChI is InChI=1S/C27H27ClN2O4S/c28-23-8-6-22-17-24(9-7-21(22)16-23)35(33,34)15-14-30-25(31)18-27(26(30)32)10-12-29(13-11-27)19-20-4-2-1-3-5-20/h1-9,16-17H,10-15,18-19H2. The summed E-state index contributed by atoms with van der Waals surface area (Å²) in [5.74, 6) is -0.778. The highest BCUT2D eigenvalue weighted by Crippen LogP contribution is 2.42. The molecule has 182 valence electrons. The number of rotatable bonds is 6. The summed E-state index contributed by atoms with van der Waals surface area (Å²) >= 11 is 6.01. The lowest BCUT2D eigenvalue weighted by Gasteiger charge is -2.37. The lowest BCUT2D eigenvalue weighted by Crippen LogP contribution is -2.45. The second kappa shape index (κ2) is 9.37. The van der Waals surface area contributed by atoms with Crippen molar-refractivity contribution < 1.29 is 18.0 Å². The predicted molar refractivity (Wildman–Crippen MR) is 136 cm³/mol. The summed E-state index contributed by atoms with van der Waals surface area (Å²) in [5, 5.41) is 2.20. The van der Waals surface area contributed by atoms with E-state index in [-0.39, 0.29) is 35.4 Å². The van der Waals surface area contributed by atoms with Gasteiger partial charge in [-0.2, -0.15) is 0 Å². The van der Waals surface area contributed by atoms with Crippen LogP contribution in [0.3, 0.4) is 0 Å². The van der Waals surface area contributed by atoms with E-state index in [4.69, 9.17) is 11.6 Å². The molecule has 0 N–H and O–H groups in total. The Morgan fingerprint density at radius 3 is 2.31 bits per heavy atom. The molecular formula is C27H27ClN2O4S. The number of hydrogen-bond acceptors (Lipinski definition) is 5.